The zero-order valence-corrected chi connectivity index (χ0v) is 8.94. The Hall–Kier alpha value is -2.23. The molecule has 0 aliphatic rings. The molecule has 16 heavy (non-hydrogen) atoms. The Morgan fingerprint density at radius 3 is 2.88 bits per heavy atom. The number of aromatic nitrogens is 3. The lowest BCUT2D eigenvalue weighted by molar-refractivity contribution is 0.939. The van der Waals surface area contributed by atoms with E-state index in [0.717, 1.165) is 16.8 Å². The number of aromatic amines is 1. The number of anilines is 1. The Kier molecular flexibility index (Phi) is 1.77. The SMILES string of the molecule is Cn1c(-c2c[nH]c3ccccc23)cnc1N. The minimum Gasteiger partial charge on any atom is -0.369 e. The van der Waals surface area contributed by atoms with Crippen LogP contribution in [0.15, 0.2) is 36.7 Å². The van der Waals surface area contributed by atoms with Crippen LogP contribution in [-0.2, 0) is 7.05 Å². The number of rotatable bonds is 1. The molecule has 0 amide bonds. The topological polar surface area (TPSA) is 59.6 Å². The van der Waals surface area contributed by atoms with Crippen LogP contribution in [0.25, 0.3) is 22.2 Å². The second-order valence-corrected chi connectivity index (χ2v) is 3.81. The third-order valence-electron chi connectivity index (χ3n) is 2.89. The molecule has 0 saturated carbocycles. The van der Waals surface area contributed by atoms with Crippen LogP contribution in [0.3, 0.4) is 0 Å². The molecule has 0 aliphatic heterocycles. The quantitative estimate of drug-likeness (QED) is 0.649. The molecule has 0 radical (unpaired) electrons. The lowest BCUT2D eigenvalue weighted by Gasteiger charge is -2.01. The molecule has 0 aliphatic carbocycles. The molecule has 4 heteroatoms. The second-order valence-electron chi connectivity index (χ2n) is 3.81. The Labute approximate surface area is 92.7 Å². The Morgan fingerprint density at radius 2 is 2.12 bits per heavy atom. The van der Waals surface area contributed by atoms with E-state index in [1.165, 1.54) is 5.39 Å². The number of H-pyrrole nitrogens is 1. The standard InChI is InChI=1S/C12H12N4/c1-16-11(7-15-12(16)13)9-6-14-10-5-3-2-4-8(9)10/h2-7,14H,1H3,(H2,13,15). The predicted molar refractivity (Wildman–Crippen MR) is 64.9 cm³/mol. The van der Waals surface area contributed by atoms with Gasteiger partial charge in [-0.05, 0) is 6.07 Å². The van der Waals surface area contributed by atoms with E-state index in [2.05, 4.69) is 22.1 Å². The minimum absolute atomic E-state index is 0.528. The van der Waals surface area contributed by atoms with Crippen molar-refractivity contribution in [2.24, 2.45) is 7.05 Å². The number of imidazole rings is 1. The van der Waals surface area contributed by atoms with Gasteiger partial charge in [0.05, 0.1) is 11.9 Å². The maximum Gasteiger partial charge on any atom is 0.200 e. The van der Waals surface area contributed by atoms with Crippen molar-refractivity contribution in [3.8, 4) is 11.3 Å². The van der Waals surface area contributed by atoms with Crippen molar-refractivity contribution in [2.75, 3.05) is 5.73 Å². The average molecular weight is 212 g/mol. The zero-order valence-electron chi connectivity index (χ0n) is 8.94. The molecule has 0 fully saturated rings. The van der Waals surface area contributed by atoms with Crippen LogP contribution in [-0.4, -0.2) is 14.5 Å². The van der Waals surface area contributed by atoms with Gasteiger partial charge in [0, 0.05) is 29.7 Å². The van der Waals surface area contributed by atoms with E-state index in [1.807, 2.05) is 29.9 Å². The number of benzene rings is 1. The van der Waals surface area contributed by atoms with E-state index in [-0.39, 0.29) is 0 Å². The molecule has 3 rings (SSSR count). The van der Waals surface area contributed by atoms with Crippen molar-refractivity contribution < 1.29 is 0 Å². The molecular weight excluding hydrogens is 200 g/mol. The van der Waals surface area contributed by atoms with Gasteiger partial charge in [-0.2, -0.15) is 0 Å². The molecule has 2 heterocycles. The van der Waals surface area contributed by atoms with Gasteiger partial charge in [0.2, 0.25) is 0 Å². The molecule has 3 N–H and O–H groups in total. The predicted octanol–water partition coefficient (Wildman–Crippen LogP) is 2.15. The first kappa shape index (κ1) is 9.03. The lowest BCUT2D eigenvalue weighted by atomic mass is 10.1. The Bertz CT molecular complexity index is 648. The average Bonchev–Trinajstić information content (AvgIpc) is 2.85. The molecule has 80 valence electrons. The van der Waals surface area contributed by atoms with Gasteiger partial charge in [-0.3, -0.25) is 0 Å². The van der Waals surface area contributed by atoms with Crippen molar-refractivity contribution >= 4 is 16.9 Å². The summed E-state index contributed by atoms with van der Waals surface area (Å²) < 4.78 is 1.88. The summed E-state index contributed by atoms with van der Waals surface area (Å²) in [4.78, 5) is 7.35. The summed E-state index contributed by atoms with van der Waals surface area (Å²) in [6, 6.07) is 8.18. The molecule has 3 aromatic rings. The summed E-state index contributed by atoms with van der Waals surface area (Å²) in [5.41, 5.74) is 9.01. The van der Waals surface area contributed by atoms with Gasteiger partial charge in [0.15, 0.2) is 5.95 Å². The van der Waals surface area contributed by atoms with Gasteiger partial charge in [-0.25, -0.2) is 4.98 Å². The lowest BCUT2D eigenvalue weighted by Crippen LogP contribution is -1.98. The molecule has 0 spiro atoms. The fraction of sp³-hybridized carbons (Fsp3) is 0.0833. The maximum atomic E-state index is 5.73. The van der Waals surface area contributed by atoms with E-state index in [4.69, 9.17) is 5.73 Å². The Morgan fingerprint density at radius 1 is 1.31 bits per heavy atom. The highest BCUT2D eigenvalue weighted by molar-refractivity contribution is 5.94. The molecule has 0 bridgehead atoms. The number of para-hydroxylation sites is 1. The van der Waals surface area contributed by atoms with Gasteiger partial charge >= 0.3 is 0 Å². The van der Waals surface area contributed by atoms with Crippen LogP contribution in [0, 0.1) is 0 Å². The summed E-state index contributed by atoms with van der Waals surface area (Å²) in [5, 5.41) is 1.19. The highest BCUT2D eigenvalue weighted by atomic mass is 15.1. The number of nitrogens with two attached hydrogens (primary N) is 1. The fourth-order valence-corrected chi connectivity index (χ4v) is 1.96. The molecule has 0 unspecified atom stereocenters. The van der Waals surface area contributed by atoms with Crippen LogP contribution in [0.2, 0.25) is 0 Å². The van der Waals surface area contributed by atoms with Crippen LogP contribution >= 0.6 is 0 Å². The van der Waals surface area contributed by atoms with Gasteiger partial charge < -0.3 is 15.3 Å². The Balaban J connectivity index is 2.30. The normalized spacial score (nSPS) is 11.1. The third-order valence-corrected chi connectivity index (χ3v) is 2.89. The number of nitrogens with zero attached hydrogens (tertiary/aromatic N) is 2. The monoisotopic (exact) mass is 212 g/mol. The number of nitrogen functional groups attached to an aromatic ring is 1. The highest BCUT2D eigenvalue weighted by Crippen LogP contribution is 2.28. The number of hydrogen-bond acceptors (Lipinski definition) is 2. The van der Waals surface area contributed by atoms with Gasteiger partial charge in [0.25, 0.3) is 0 Å². The van der Waals surface area contributed by atoms with Crippen molar-refractivity contribution in [1.82, 2.24) is 14.5 Å². The minimum atomic E-state index is 0.528. The summed E-state index contributed by atoms with van der Waals surface area (Å²) in [6.45, 7) is 0. The molecule has 2 aromatic heterocycles. The van der Waals surface area contributed by atoms with Crippen LogP contribution in [0.5, 0.6) is 0 Å². The third kappa shape index (κ3) is 1.13. The first-order valence-corrected chi connectivity index (χ1v) is 5.11. The summed E-state index contributed by atoms with van der Waals surface area (Å²) in [6.07, 6.45) is 3.78. The van der Waals surface area contributed by atoms with E-state index in [0.29, 0.717) is 5.95 Å². The molecule has 4 nitrogen and oxygen atoms in total. The van der Waals surface area contributed by atoms with Crippen molar-refractivity contribution in [2.45, 2.75) is 0 Å². The van der Waals surface area contributed by atoms with E-state index >= 15 is 0 Å². The first-order valence-electron chi connectivity index (χ1n) is 5.11. The fourth-order valence-electron chi connectivity index (χ4n) is 1.96. The zero-order chi connectivity index (χ0) is 11.1. The summed E-state index contributed by atoms with van der Waals surface area (Å²) in [7, 11) is 1.92. The van der Waals surface area contributed by atoms with Crippen LogP contribution < -0.4 is 5.73 Å². The molecule has 0 saturated heterocycles. The maximum absolute atomic E-state index is 5.73. The van der Waals surface area contributed by atoms with E-state index < -0.39 is 0 Å². The highest BCUT2D eigenvalue weighted by Gasteiger charge is 2.10. The van der Waals surface area contributed by atoms with Gasteiger partial charge in [-0.15, -0.1) is 0 Å². The van der Waals surface area contributed by atoms with Crippen molar-refractivity contribution in [3.05, 3.63) is 36.7 Å². The summed E-state index contributed by atoms with van der Waals surface area (Å²) >= 11 is 0. The van der Waals surface area contributed by atoms with Crippen molar-refractivity contribution in [1.29, 1.82) is 0 Å². The second kappa shape index (κ2) is 3.13. The summed E-state index contributed by atoms with van der Waals surface area (Å²) in [5.74, 6) is 0.528. The number of nitrogens with one attached hydrogen (secondary N) is 1. The first-order chi connectivity index (χ1) is 7.77. The smallest absolute Gasteiger partial charge is 0.200 e. The van der Waals surface area contributed by atoms with Gasteiger partial charge in [0.1, 0.15) is 0 Å². The number of hydrogen-bond donors (Lipinski definition) is 2. The van der Waals surface area contributed by atoms with Crippen LogP contribution in [0.1, 0.15) is 0 Å². The van der Waals surface area contributed by atoms with Crippen LogP contribution in [0.4, 0.5) is 5.95 Å². The van der Waals surface area contributed by atoms with Crippen molar-refractivity contribution in [3.63, 3.8) is 0 Å². The van der Waals surface area contributed by atoms with Gasteiger partial charge in [-0.1, -0.05) is 18.2 Å². The molecular formula is C12H12N4. The molecule has 1 aromatic carbocycles. The molecule has 0 atom stereocenters. The number of fused-ring (bicyclic) bond motifs is 1. The van der Waals surface area contributed by atoms with E-state index in [9.17, 15) is 0 Å². The largest absolute Gasteiger partial charge is 0.369 e. The van der Waals surface area contributed by atoms with E-state index in [1.54, 1.807) is 6.20 Å².